The van der Waals surface area contributed by atoms with Crippen LogP contribution in [0.4, 0.5) is 0 Å². The number of carbonyl (C=O) groups is 1. The Labute approximate surface area is 120 Å². The van der Waals surface area contributed by atoms with Crippen LogP contribution in [0.1, 0.15) is 42.6 Å². The zero-order chi connectivity index (χ0) is 15.5. The Hall–Kier alpha value is -1.40. The molecule has 0 fully saturated rings. The molecule has 1 atom stereocenters. The summed E-state index contributed by atoms with van der Waals surface area (Å²) in [4.78, 5) is 11.1. The van der Waals surface area contributed by atoms with Crippen molar-refractivity contribution in [2.24, 2.45) is 0 Å². The second kappa shape index (κ2) is 6.37. The van der Waals surface area contributed by atoms with E-state index in [1.165, 1.54) is 29.6 Å². The predicted molar refractivity (Wildman–Crippen MR) is 77.5 cm³/mol. The fraction of sp³-hybridized carbons (Fsp3) is 0.500. The van der Waals surface area contributed by atoms with Gasteiger partial charge in [0.25, 0.3) is 0 Å². The Morgan fingerprint density at radius 2 is 2.00 bits per heavy atom. The van der Waals surface area contributed by atoms with Gasteiger partial charge < -0.3 is 5.11 Å². The molecular weight excluding hydrogens is 278 g/mol. The highest BCUT2D eigenvalue weighted by Gasteiger charge is 2.26. The van der Waals surface area contributed by atoms with Crippen molar-refractivity contribution >= 4 is 16.0 Å². The number of carboxylic acids is 1. The third-order valence-corrected chi connectivity index (χ3v) is 5.41. The van der Waals surface area contributed by atoms with Crippen LogP contribution in [0.2, 0.25) is 0 Å². The summed E-state index contributed by atoms with van der Waals surface area (Å²) in [5.74, 6) is -1.12. The number of aryl methyl sites for hydroxylation is 1. The number of hydrogen-bond acceptors (Lipinski definition) is 3. The molecule has 112 valence electrons. The first-order valence-corrected chi connectivity index (χ1v) is 7.97. The molecule has 0 amide bonds. The second-order valence-corrected chi connectivity index (χ2v) is 6.94. The third-order valence-electron chi connectivity index (χ3n) is 3.44. The molecular formula is C14H21NO4S. The minimum atomic E-state index is -3.66. The number of hydrogen-bond donors (Lipinski definition) is 1. The Kier molecular flexibility index (Phi) is 5.30. The van der Waals surface area contributed by atoms with Gasteiger partial charge >= 0.3 is 5.97 Å². The number of rotatable bonds is 6. The van der Waals surface area contributed by atoms with Gasteiger partial charge in [-0.15, -0.1) is 0 Å². The van der Waals surface area contributed by atoms with E-state index in [4.69, 9.17) is 5.11 Å². The molecule has 0 heterocycles. The largest absolute Gasteiger partial charge is 0.478 e. The molecule has 6 heteroatoms. The van der Waals surface area contributed by atoms with Crippen LogP contribution in [0.3, 0.4) is 0 Å². The lowest BCUT2D eigenvalue weighted by Crippen LogP contribution is -2.35. The highest BCUT2D eigenvalue weighted by atomic mass is 32.2. The van der Waals surface area contributed by atoms with Crippen LogP contribution >= 0.6 is 0 Å². The molecule has 1 N–H and O–H groups in total. The normalized spacial score (nSPS) is 13.4. The number of aromatic carboxylic acids is 1. The molecule has 0 saturated carbocycles. The van der Waals surface area contributed by atoms with E-state index in [-0.39, 0.29) is 16.5 Å². The molecule has 1 aromatic carbocycles. The van der Waals surface area contributed by atoms with Crippen molar-refractivity contribution in [1.29, 1.82) is 0 Å². The summed E-state index contributed by atoms with van der Waals surface area (Å²) in [7, 11) is -2.14. The molecule has 1 rings (SSSR count). The minimum Gasteiger partial charge on any atom is -0.478 e. The number of benzene rings is 1. The minimum absolute atomic E-state index is 0.0163. The van der Waals surface area contributed by atoms with Crippen molar-refractivity contribution in [3.8, 4) is 0 Å². The van der Waals surface area contributed by atoms with Gasteiger partial charge in [-0.05, 0) is 38.0 Å². The summed E-state index contributed by atoms with van der Waals surface area (Å²) in [6.07, 6.45) is 1.64. The van der Waals surface area contributed by atoms with Gasteiger partial charge in [-0.25, -0.2) is 13.2 Å². The molecule has 0 bridgehead atoms. The lowest BCUT2D eigenvalue weighted by molar-refractivity contribution is 0.0696. The molecule has 5 nitrogen and oxygen atoms in total. The van der Waals surface area contributed by atoms with E-state index in [2.05, 4.69) is 0 Å². The van der Waals surface area contributed by atoms with E-state index >= 15 is 0 Å². The van der Waals surface area contributed by atoms with Crippen molar-refractivity contribution in [3.05, 3.63) is 29.3 Å². The molecule has 0 saturated heterocycles. The fourth-order valence-corrected chi connectivity index (χ4v) is 3.41. The van der Waals surface area contributed by atoms with Crippen LogP contribution in [-0.4, -0.2) is 36.9 Å². The van der Waals surface area contributed by atoms with Crippen molar-refractivity contribution in [1.82, 2.24) is 4.31 Å². The molecule has 0 aliphatic carbocycles. The number of sulfonamides is 1. The van der Waals surface area contributed by atoms with Gasteiger partial charge in [0.15, 0.2) is 0 Å². The molecule has 0 aliphatic heterocycles. The molecule has 0 aliphatic rings. The first-order valence-electron chi connectivity index (χ1n) is 6.53. The molecule has 0 spiro atoms. The molecule has 0 aromatic heterocycles. The van der Waals surface area contributed by atoms with Crippen molar-refractivity contribution in [2.45, 2.75) is 44.6 Å². The van der Waals surface area contributed by atoms with E-state index < -0.39 is 16.0 Å². The van der Waals surface area contributed by atoms with E-state index in [0.29, 0.717) is 5.56 Å². The summed E-state index contributed by atoms with van der Waals surface area (Å²) in [5.41, 5.74) is 0.559. The first-order chi connectivity index (χ1) is 9.21. The van der Waals surface area contributed by atoms with Crippen LogP contribution < -0.4 is 0 Å². The maximum atomic E-state index is 12.5. The van der Waals surface area contributed by atoms with E-state index in [0.717, 1.165) is 12.8 Å². The topological polar surface area (TPSA) is 74.7 Å². The summed E-state index contributed by atoms with van der Waals surface area (Å²) in [6, 6.07) is 4.07. The Morgan fingerprint density at radius 3 is 2.50 bits per heavy atom. The standard InChI is InChI=1S/C14H21NO4S/c1-5-6-11(3)15(4)20(18,19)12-8-7-10(2)13(9-12)14(16)17/h7-9,11H,5-6H2,1-4H3,(H,16,17). The fourth-order valence-electron chi connectivity index (χ4n) is 1.99. The smallest absolute Gasteiger partial charge is 0.335 e. The highest BCUT2D eigenvalue weighted by molar-refractivity contribution is 7.89. The van der Waals surface area contributed by atoms with Crippen LogP contribution in [0.25, 0.3) is 0 Å². The monoisotopic (exact) mass is 299 g/mol. The van der Waals surface area contributed by atoms with Crippen molar-refractivity contribution < 1.29 is 18.3 Å². The van der Waals surface area contributed by atoms with Gasteiger partial charge in [0.05, 0.1) is 10.5 Å². The summed E-state index contributed by atoms with van der Waals surface area (Å²) >= 11 is 0. The Balaban J connectivity index is 3.22. The van der Waals surface area contributed by atoms with Crippen LogP contribution in [0.5, 0.6) is 0 Å². The van der Waals surface area contributed by atoms with Crippen molar-refractivity contribution in [3.63, 3.8) is 0 Å². The van der Waals surface area contributed by atoms with E-state index in [9.17, 15) is 13.2 Å². The Morgan fingerprint density at radius 1 is 1.40 bits per heavy atom. The third kappa shape index (κ3) is 3.37. The zero-order valence-electron chi connectivity index (χ0n) is 12.3. The van der Waals surface area contributed by atoms with Crippen LogP contribution in [-0.2, 0) is 10.0 Å². The second-order valence-electron chi connectivity index (χ2n) is 4.94. The summed E-state index contributed by atoms with van der Waals surface area (Å²) in [5, 5.41) is 9.08. The highest BCUT2D eigenvalue weighted by Crippen LogP contribution is 2.21. The zero-order valence-corrected chi connectivity index (χ0v) is 13.1. The van der Waals surface area contributed by atoms with Gasteiger partial charge in [0.2, 0.25) is 10.0 Å². The van der Waals surface area contributed by atoms with E-state index in [1.807, 2.05) is 13.8 Å². The quantitative estimate of drug-likeness (QED) is 0.875. The molecule has 1 unspecified atom stereocenters. The Bertz CT molecular complexity index is 595. The van der Waals surface area contributed by atoms with E-state index in [1.54, 1.807) is 6.92 Å². The summed E-state index contributed by atoms with van der Waals surface area (Å²) < 4.78 is 26.2. The van der Waals surface area contributed by atoms with Gasteiger partial charge in [-0.1, -0.05) is 19.4 Å². The number of nitrogens with zero attached hydrogens (tertiary/aromatic N) is 1. The van der Waals surface area contributed by atoms with Gasteiger partial charge in [0.1, 0.15) is 0 Å². The predicted octanol–water partition coefficient (Wildman–Crippen LogP) is 2.50. The van der Waals surface area contributed by atoms with Crippen LogP contribution in [0, 0.1) is 6.92 Å². The van der Waals surface area contributed by atoms with Crippen LogP contribution in [0.15, 0.2) is 23.1 Å². The maximum Gasteiger partial charge on any atom is 0.335 e. The SMILES string of the molecule is CCCC(C)N(C)S(=O)(=O)c1ccc(C)c(C(=O)O)c1. The molecule has 0 radical (unpaired) electrons. The van der Waals surface area contributed by atoms with Gasteiger partial charge in [-0.3, -0.25) is 0 Å². The van der Waals surface area contributed by atoms with Gasteiger partial charge in [-0.2, -0.15) is 4.31 Å². The molecule has 1 aromatic rings. The average Bonchev–Trinajstić information content (AvgIpc) is 2.37. The van der Waals surface area contributed by atoms with Gasteiger partial charge in [0, 0.05) is 13.1 Å². The average molecular weight is 299 g/mol. The van der Waals surface area contributed by atoms with Crippen molar-refractivity contribution in [2.75, 3.05) is 7.05 Å². The maximum absolute atomic E-state index is 12.5. The first kappa shape index (κ1) is 16.7. The lowest BCUT2D eigenvalue weighted by Gasteiger charge is -2.24. The lowest BCUT2D eigenvalue weighted by atomic mass is 10.1. The summed E-state index contributed by atoms with van der Waals surface area (Å²) in [6.45, 7) is 5.47. The molecule has 20 heavy (non-hydrogen) atoms. The number of carboxylic acid groups (broad SMARTS) is 1.